The smallest absolute Gasteiger partial charge is 0.329 e. The van der Waals surface area contributed by atoms with Gasteiger partial charge in [0.05, 0.1) is 5.69 Å². The first-order valence-corrected chi connectivity index (χ1v) is 4.14. The number of H-pyrrole nitrogens is 1. The van der Waals surface area contributed by atoms with Crippen LogP contribution in [0.15, 0.2) is 17.1 Å². The van der Waals surface area contributed by atoms with Crippen molar-refractivity contribution in [3.63, 3.8) is 0 Å². The predicted molar refractivity (Wildman–Crippen MR) is 52.6 cm³/mol. The molecule has 2 rings (SSSR count). The third kappa shape index (κ3) is 0.968. The average Bonchev–Trinajstić information content (AvgIpc) is 2.73. The van der Waals surface area contributed by atoms with Crippen molar-refractivity contribution in [3.05, 3.63) is 22.7 Å². The molecule has 6 heteroatoms. The fourth-order valence-electron chi connectivity index (χ4n) is 1.46. The van der Waals surface area contributed by atoms with Crippen LogP contribution in [-0.2, 0) is 14.1 Å². The van der Waals surface area contributed by atoms with Gasteiger partial charge in [-0.05, 0) is 6.07 Å². The van der Waals surface area contributed by atoms with Crippen molar-refractivity contribution in [2.45, 2.75) is 0 Å². The summed E-state index contributed by atoms with van der Waals surface area (Å²) in [7, 11) is 3.31. The van der Waals surface area contributed by atoms with Gasteiger partial charge in [0.15, 0.2) is 0 Å². The summed E-state index contributed by atoms with van der Waals surface area (Å²) in [4.78, 5) is 11.5. The van der Waals surface area contributed by atoms with Crippen LogP contribution in [0.3, 0.4) is 0 Å². The van der Waals surface area contributed by atoms with Crippen molar-refractivity contribution in [1.82, 2.24) is 19.3 Å². The molecule has 0 aromatic carbocycles. The van der Waals surface area contributed by atoms with Crippen LogP contribution in [0.1, 0.15) is 0 Å². The molecule has 3 N–H and O–H groups in total. The van der Waals surface area contributed by atoms with Crippen LogP contribution in [0.25, 0.3) is 11.4 Å². The van der Waals surface area contributed by atoms with Crippen LogP contribution in [0.5, 0.6) is 0 Å². The number of rotatable bonds is 1. The maximum atomic E-state index is 11.5. The lowest BCUT2D eigenvalue weighted by atomic mass is 10.3. The molecule has 0 aliphatic carbocycles. The molecule has 0 saturated heterocycles. The van der Waals surface area contributed by atoms with Crippen LogP contribution in [0.4, 0.5) is 5.82 Å². The quantitative estimate of drug-likeness (QED) is 0.652. The zero-order valence-corrected chi connectivity index (χ0v) is 7.98. The molecule has 0 aliphatic rings. The molecular weight excluding hydrogens is 182 g/mol. The topological polar surface area (TPSA) is 81.6 Å². The van der Waals surface area contributed by atoms with E-state index in [4.69, 9.17) is 5.73 Å². The maximum Gasteiger partial charge on any atom is 0.329 e. The van der Waals surface area contributed by atoms with Crippen molar-refractivity contribution in [3.8, 4) is 11.4 Å². The van der Waals surface area contributed by atoms with Crippen LogP contribution in [0, 0.1) is 0 Å². The SMILES string of the molecule is Cn1c(N)c(-c2ccn[nH]2)n(C)c1=O. The average molecular weight is 193 g/mol. The monoisotopic (exact) mass is 193 g/mol. The minimum atomic E-state index is -0.146. The molecule has 2 aromatic heterocycles. The van der Waals surface area contributed by atoms with Crippen LogP contribution in [-0.4, -0.2) is 19.3 Å². The number of nitrogens with zero attached hydrogens (tertiary/aromatic N) is 3. The molecule has 0 amide bonds. The Morgan fingerprint density at radius 1 is 1.43 bits per heavy atom. The van der Waals surface area contributed by atoms with E-state index in [0.717, 1.165) is 5.69 Å². The van der Waals surface area contributed by atoms with Gasteiger partial charge in [0, 0.05) is 20.3 Å². The van der Waals surface area contributed by atoms with Gasteiger partial charge in [-0.25, -0.2) is 4.79 Å². The summed E-state index contributed by atoms with van der Waals surface area (Å²) >= 11 is 0. The molecule has 2 aromatic rings. The number of anilines is 1. The maximum absolute atomic E-state index is 11.5. The van der Waals surface area contributed by atoms with E-state index in [2.05, 4.69) is 10.2 Å². The third-order valence-electron chi connectivity index (χ3n) is 2.27. The van der Waals surface area contributed by atoms with Crippen LogP contribution >= 0.6 is 0 Å². The van der Waals surface area contributed by atoms with Gasteiger partial charge >= 0.3 is 5.69 Å². The number of hydrogen-bond acceptors (Lipinski definition) is 3. The largest absolute Gasteiger partial charge is 0.383 e. The van der Waals surface area contributed by atoms with E-state index in [9.17, 15) is 4.79 Å². The third-order valence-corrected chi connectivity index (χ3v) is 2.27. The molecule has 0 saturated carbocycles. The lowest BCUT2D eigenvalue weighted by Gasteiger charge is -1.98. The van der Waals surface area contributed by atoms with E-state index in [0.29, 0.717) is 11.5 Å². The standard InChI is InChI=1S/C8H11N5O/c1-12-6(5-3-4-10-11-5)7(9)13(2)8(12)14/h3-4H,9H2,1-2H3,(H,10,11). The zero-order valence-electron chi connectivity index (χ0n) is 7.98. The highest BCUT2D eigenvalue weighted by molar-refractivity contribution is 5.67. The fourth-order valence-corrected chi connectivity index (χ4v) is 1.46. The molecule has 0 bridgehead atoms. The Morgan fingerprint density at radius 2 is 2.14 bits per heavy atom. The number of aromatic nitrogens is 4. The number of imidazole rings is 1. The molecule has 0 radical (unpaired) electrons. The van der Waals surface area contributed by atoms with Gasteiger partial charge in [-0.1, -0.05) is 0 Å². The Bertz CT molecular complexity index is 505. The lowest BCUT2D eigenvalue weighted by Crippen LogP contribution is -2.20. The molecule has 2 heterocycles. The highest BCUT2D eigenvalue weighted by Gasteiger charge is 2.14. The Morgan fingerprint density at radius 3 is 2.57 bits per heavy atom. The van der Waals surface area contributed by atoms with Gasteiger partial charge in [0.25, 0.3) is 0 Å². The second-order valence-electron chi connectivity index (χ2n) is 3.10. The van der Waals surface area contributed by atoms with E-state index < -0.39 is 0 Å². The highest BCUT2D eigenvalue weighted by atomic mass is 16.1. The number of hydrogen-bond donors (Lipinski definition) is 2. The molecule has 6 nitrogen and oxygen atoms in total. The first-order chi connectivity index (χ1) is 6.63. The van der Waals surface area contributed by atoms with Gasteiger partial charge in [-0.15, -0.1) is 0 Å². The van der Waals surface area contributed by atoms with E-state index in [1.165, 1.54) is 9.13 Å². The highest BCUT2D eigenvalue weighted by Crippen LogP contribution is 2.20. The fraction of sp³-hybridized carbons (Fsp3) is 0.250. The Kier molecular flexibility index (Phi) is 1.70. The van der Waals surface area contributed by atoms with Crippen LogP contribution < -0.4 is 11.4 Å². The first kappa shape index (κ1) is 8.61. The van der Waals surface area contributed by atoms with E-state index in [1.807, 2.05) is 0 Å². The van der Waals surface area contributed by atoms with Crippen molar-refractivity contribution in [1.29, 1.82) is 0 Å². The van der Waals surface area contributed by atoms with Crippen molar-refractivity contribution < 1.29 is 0 Å². The second kappa shape index (κ2) is 2.76. The zero-order chi connectivity index (χ0) is 10.3. The number of nitrogen functional groups attached to an aromatic ring is 1. The molecule has 14 heavy (non-hydrogen) atoms. The molecule has 0 spiro atoms. The summed E-state index contributed by atoms with van der Waals surface area (Å²) in [5.41, 5.74) is 7.04. The Balaban J connectivity index is 2.77. The summed E-state index contributed by atoms with van der Waals surface area (Å²) in [5.74, 6) is 0.432. The van der Waals surface area contributed by atoms with Gasteiger partial charge in [0.1, 0.15) is 11.5 Å². The summed E-state index contributed by atoms with van der Waals surface area (Å²) < 4.78 is 2.89. The van der Waals surface area contributed by atoms with Crippen molar-refractivity contribution in [2.24, 2.45) is 14.1 Å². The summed E-state index contributed by atoms with van der Waals surface area (Å²) in [6.45, 7) is 0. The van der Waals surface area contributed by atoms with Crippen molar-refractivity contribution >= 4 is 5.82 Å². The second-order valence-corrected chi connectivity index (χ2v) is 3.10. The summed E-state index contributed by atoms with van der Waals surface area (Å²) in [6.07, 6.45) is 1.62. The minimum absolute atomic E-state index is 0.146. The Labute approximate surface area is 80.0 Å². The van der Waals surface area contributed by atoms with Gasteiger partial charge in [-0.2, -0.15) is 5.10 Å². The van der Waals surface area contributed by atoms with Crippen LogP contribution in [0.2, 0.25) is 0 Å². The molecule has 74 valence electrons. The molecular formula is C8H11N5O. The summed E-state index contributed by atoms with van der Waals surface area (Å²) in [5, 5.41) is 6.59. The molecule has 0 unspecified atom stereocenters. The molecule has 0 aliphatic heterocycles. The van der Waals surface area contributed by atoms with Gasteiger partial charge in [0.2, 0.25) is 0 Å². The van der Waals surface area contributed by atoms with E-state index in [1.54, 1.807) is 26.4 Å². The lowest BCUT2D eigenvalue weighted by molar-refractivity contribution is 0.780. The first-order valence-electron chi connectivity index (χ1n) is 4.14. The number of nitrogens with one attached hydrogen (secondary N) is 1. The predicted octanol–water partition coefficient (Wildman–Crippen LogP) is -0.304. The Hall–Kier alpha value is -1.98. The minimum Gasteiger partial charge on any atom is -0.383 e. The summed E-state index contributed by atoms with van der Waals surface area (Å²) in [6, 6.07) is 1.77. The van der Waals surface area contributed by atoms with E-state index >= 15 is 0 Å². The van der Waals surface area contributed by atoms with Gasteiger partial charge in [-0.3, -0.25) is 14.2 Å². The number of aromatic amines is 1. The molecule has 0 fully saturated rings. The van der Waals surface area contributed by atoms with E-state index in [-0.39, 0.29) is 5.69 Å². The van der Waals surface area contributed by atoms with Crippen molar-refractivity contribution in [2.75, 3.05) is 5.73 Å². The number of nitrogens with two attached hydrogens (primary N) is 1. The van der Waals surface area contributed by atoms with Gasteiger partial charge < -0.3 is 5.73 Å². The normalized spacial score (nSPS) is 10.7. The molecule has 0 atom stereocenters.